The molecule has 5 nitrogen and oxygen atoms in total. The number of nitrogens with zero attached hydrogens (tertiary/aromatic N) is 3. The Kier molecular flexibility index (Phi) is 5.56. The number of aromatic nitrogens is 2. The lowest BCUT2D eigenvalue weighted by Gasteiger charge is -2.29. The van der Waals surface area contributed by atoms with Gasteiger partial charge < -0.3 is 9.88 Å². The second-order valence-corrected chi connectivity index (χ2v) is 6.22. The summed E-state index contributed by atoms with van der Waals surface area (Å²) in [5, 5.41) is 0. The molecule has 0 saturated heterocycles. The number of rotatable bonds is 6. The average molecular weight is 290 g/mol. The van der Waals surface area contributed by atoms with E-state index in [0.29, 0.717) is 5.92 Å². The van der Waals surface area contributed by atoms with Crippen molar-refractivity contribution in [2.75, 3.05) is 26.2 Å². The van der Waals surface area contributed by atoms with Crippen LogP contribution >= 0.6 is 0 Å². The first kappa shape index (κ1) is 15.8. The van der Waals surface area contributed by atoms with Gasteiger partial charge in [-0.15, -0.1) is 0 Å². The highest BCUT2D eigenvalue weighted by molar-refractivity contribution is 5.73. The Bertz CT molecular complexity index is 478. The first-order valence-corrected chi connectivity index (χ1v) is 7.67. The van der Waals surface area contributed by atoms with Gasteiger partial charge >= 0.3 is 0 Å². The SMILES string of the molecule is CC(=O)N(CC1=CCN(Cc2cnc[nH]2)CC1)CC(C)C. The fraction of sp³-hybridized carbons (Fsp3) is 0.625. The van der Waals surface area contributed by atoms with Crippen LogP contribution in [0.25, 0.3) is 0 Å². The number of hydrogen-bond donors (Lipinski definition) is 1. The second kappa shape index (κ2) is 7.41. The minimum Gasteiger partial charge on any atom is -0.347 e. The van der Waals surface area contributed by atoms with E-state index in [1.165, 1.54) is 5.57 Å². The lowest BCUT2D eigenvalue weighted by Crippen LogP contribution is -2.36. The van der Waals surface area contributed by atoms with Gasteiger partial charge in [0, 0.05) is 51.5 Å². The van der Waals surface area contributed by atoms with Gasteiger partial charge in [0.1, 0.15) is 0 Å². The maximum absolute atomic E-state index is 11.7. The minimum atomic E-state index is 0.171. The Morgan fingerprint density at radius 1 is 1.52 bits per heavy atom. The molecular weight excluding hydrogens is 264 g/mol. The molecule has 0 fully saturated rings. The molecule has 0 atom stereocenters. The lowest BCUT2D eigenvalue weighted by molar-refractivity contribution is -0.129. The number of nitrogens with one attached hydrogen (secondary N) is 1. The van der Waals surface area contributed by atoms with Crippen LogP contribution in [0.5, 0.6) is 0 Å². The van der Waals surface area contributed by atoms with Crippen molar-refractivity contribution in [3.05, 3.63) is 29.9 Å². The first-order chi connectivity index (χ1) is 10.0. The van der Waals surface area contributed by atoms with Crippen LogP contribution < -0.4 is 0 Å². The van der Waals surface area contributed by atoms with Gasteiger partial charge in [-0.3, -0.25) is 9.69 Å². The van der Waals surface area contributed by atoms with Crippen molar-refractivity contribution in [2.24, 2.45) is 5.92 Å². The maximum Gasteiger partial charge on any atom is 0.219 e. The maximum atomic E-state index is 11.7. The van der Waals surface area contributed by atoms with Crippen molar-refractivity contribution in [2.45, 2.75) is 33.7 Å². The third-order valence-electron chi connectivity index (χ3n) is 3.76. The number of H-pyrrole nitrogens is 1. The molecule has 0 spiro atoms. The summed E-state index contributed by atoms with van der Waals surface area (Å²) in [5.41, 5.74) is 2.53. The summed E-state index contributed by atoms with van der Waals surface area (Å²) in [7, 11) is 0. The van der Waals surface area contributed by atoms with Crippen LogP contribution in [0.4, 0.5) is 0 Å². The van der Waals surface area contributed by atoms with E-state index < -0.39 is 0 Å². The molecule has 0 bridgehead atoms. The van der Waals surface area contributed by atoms with Gasteiger partial charge in [-0.2, -0.15) is 0 Å². The fourth-order valence-electron chi connectivity index (χ4n) is 2.64. The minimum absolute atomic E-state index is 0.171. The van der Waals surface area contributed by atoms with E-state index in [-0.39, 0.29) is 5.91 Å². The molecule has 5 heteroatoms. The molecule has 1 amide bonds. The molecule has 2 rings (SSSR count). The van der Waals surface area contributed by atoms with E-state index in [4.69, 9.17) is 0 Å². The van der Waals surface area contributed by atoms with Crippen molar-refractivity contribution in [3.8, 4) is 0 Å². The van der Waals surface area contributed by atoms with Crippen molar-refractivity contribution in [3.63, 3.8) is 0 Å². The van der Waals surface area contributed by atoms with Gasteiger partial charge in [-0.05, 0) is 12.3 Å². The molecule has 2 heterocycles. The molecule has 1 aromatic heterocycles. The van der Waals surface area contributed by atoms with E-state index in [0.717, 1.165) is 44.8 Å². The Morgan fingerprint density at radius 3 is 2.86 bits per heavy atom. The predicted molar refractivity (Wildman–Crippen MR) is 83.7 cm³/mol. The van der Waals surface area contributed by atoms with Gasteiger partial charge in [0.05, 0.1) is 6.33 Å². The molecular formula is C16H26N4O. The number of aromatic amines is 1. The molecule has 0 unspecified atom stereocenters. The number of carbonyl (C=O) groups excluding carboxylic acids is 1. The number of amides is 1. The van der Waals surface area contributed by atoms with Crippen LogP contribution in [0.1, 0.15) is 32.9 Å². The first-order valence-electron chi connectivity index (χ1n) is 7.67. The standard InChI is InChI=1S/C16H26N4O/c1-13(2)9-20(14(3)21)10-15-4-6-19(7-5-15)11-16-8-17-12-18-16/h4,8,12-13H,5-7,9-11H2,1-3H3,(H,17,18). The fourth-order valence-corrected chi connectivity index (χ4v) is 2.64. The van der Waals surface area contributed by atoms with E-state index >= 15 is 0 Å². The zero-order valence-electron chi connectivity index (χ0n) is 13.3. The molecule has 1 aliphatic heterocycles. The monoisotopic (exact) mass is 290 g/mol. The molecule has 0 aliphatic carbocycles. The van der Waals surface area contributed by atoms with Crippen molar-refractivity contribution in [1.29, 1.82) is 0 Å². The third kappa shape index (κ3) is 5.01. The summed E-state index contributed by atoms with van der Waals surface area (Å²) < 4.78 is 0. The van der Waals surface area contributed by atoms with Crippen LogP contribution in [-0.2, 0) is 11.3 Å². The lowest BCUT2D eigenvalue weighted by atomic mass is 10.1. The van der Waals surface area contributed by atoms with E-state index in [1.807, 2.05) is 11.1 Å². The van der Waals surface area contributed by atoms with Gasteiger partial charge in [0.15, 0.2) is 0 Å². The largest absolute Gasteiger partial charge is 0.347 e. The topological polar surface area (TPSA) is 52.2 Å². The van der Waals surface area contributed by atoms with Gasteiger partial charge in [0.2, 0.25) is 5.91 Å². The summed E-state index contributed by atoms with van der Waals surface area (Å²) in [6.45, 7) is 10.5. The van der Waals surface area contributed by atoms with Crippen molar-refractivity contribution >= 4 is 5.91 Å². The molecule has 116 valence electrons. The Morgan fingerprint density at radius 2 is 2.33 bits per heavy atom. The Balaban J connectivity index is 1.85. The summed E-state index contributed by atoms with van der Waals surface area (Å²) in [4.78, 5) is 23.2. The predicted octanol–water partition coefficient (Wildman–Crippen LogP) is 2.05. The van der Waals surface area contributed by atoms with E-state index in [9.17, 15) is 4.79 Å². The summed E-state index contributed by atoms with van der Waals surface area (Å²) in [6, 6.07) is 0. The molecule has 1 aliphatic rings. The normalized spacial score (nSPS) is 16.1. The van der Waals surface area contributed by atoms with Crippen LogP contribution in [0.3, 0.4) is 0 Å². The highest BCUT2D eigenvalue weighted by Crippen LogP contribution is 2.15. The molecule has 0 aromatic carbocycles. The van der Waals surface area contributed by atoms with Crippen LogP contribution in [0, 0.1) is 5.92 Å². The smallest absolute Gasteiger partial charge is 0.219 e. The Hall–Kier alpha value is -1.62. The van der Waals surface area contributed by atoms with Crippen LogP contribution in [-0.4, -0.2) is 51.9 Å². The zero-order valence-corrected chi connectivity index (χ0v) is 13.3. The number of carbonyl (C=O) groups is 1. The highest BCUT2D eigenvalue weighted by Gasteiger charge is 2.17. The van der Waals surface area contributed by atoms with Gasteiger partial charge in [-0.1, -0.05) is 25.5 Å². The van der Waals surface area contributed by atoms with E-state index in [1.54, 1.807) is 13.3 Å². The quantitative estimate of drug-likeness (QED) is 0.816. The van der Waals surface area contributed by atoms with Crippen LogP contribution in [0.2, 0.25) is 0 Å². The third-order valence-corrected chi connectivity index (χ3v) is 3.76. The van der Waals surface area contributed by atoms with Crippen molar-refractivity contribution in [1.82, 2.24) is 19.8 Å². The average Bonchev–Trinajstić information content (AvgIpc) is 2.92. The van der Waals surface area contributed by atoms with E-state index in [2.05, 4.69) is 34.8 Å². The molecule has 1 aromatic rings. The summed E-state index contributed by atoms with van der Waals surface area (Å²) >= 11 is 0. The zero-order chi connectivity index (χ0) is 15.2. The molecule has 0 radical (unpaired) electrons. The number of hydrogen-bond acceptors (Lipinski definition) is 3. The van der Waals surface area contributed by atoms with Crippen LogP contribution in [0.15, 0.2) is 24.2 Å². The number of imidazole rings is 1. The molecule has 0 saturated carbocycles. The summed E-state index contributed by atoms with van der Waals surface area (Å²) in [6.07, 6.45) is 6.91. The van der Waals surface area contributed by atoms with Gasteiger partial charge in [0.25, 0.3) is 0 Å². The Labute approximate surface area is 127 Å². The van der Waals surface area contributed by atoms with Gasteiger partial charge in [-0.25, -0.2) is 4.98 Å². The molecule has 21 heavy (non-hydrogen) atoms. The molecule has 1 N–H and O–H groups in total. The van der Waals surface area contributed by atoms with Crippen molar-refractivity contribution < 1.29 is 4.79 Å². The highest BCUT2D eigenvalue weighted by atomic mass is 16.2. The summed E-state index contributed by atoms with van der Waals surface area (Å²) in [5.74, 6) is 0.680. The second-order valence-electron chi connectivity index (χ2n) is 6.22.